The topological polar surface area (TPSA) is 30.0 Å². The van der Waals surface area contributed by atoms with Crippen molar-refractivity contribution in [3.63, 3.8) is 0 Å². The molecule has 3 saturated carbocycles. The molecular formula is C21H16ClNO. The zero-order valence-electron chi connectivity index (χ0n) is 13.1. The summed E-state index contributed by atoms with van der Waals surface area (Å²) in [5, 5.41) is 1.90. The number of rotatable bonds is 3. The summed E-state index contributed by atoms with van der Waals surface area (Å²) in [7, 11) is 0. The van der Waals surface area contributed by atoms with Crippen molar-refractivity contribution in [3.8, 4) is 0 Å². The Morgan fingerprint density at radius 2 is 1.67 bits per heavy atom. The van der Waals surface area contributed by atoms with E-state index in [1.807, 2.05) is 24.4 Å². The van der Waals surface area contributed by atoms with Gasteiger partial charge in [0.05, 0.1) is 5.52 Å². The Balaban J connectivity index is 1.45. The molecule has 1 aromatic heterocycles. The molecule has 24 heavy (non-hydrogen) atoms. The van der Waals surface area contributed by atoms with Gasteiger partial charge in [-0.2, -0.15) is 0 Å². The van der Waals surface area contributed by atoms with Crippen LogP contribution >= 0.6 is 11.6 Å². The molecule has 3 heteroatoms. The molecule has 3 aromatic rings. The number of halogens is 1. The van der Waals surface area contributed by atoms with Crippen molar-refractivity contribution in [2.75, 3.05) is 0 Å². The van der Waals surface area contributed by atoms with Crippen LogP contribution in [-0.4, -0.2) is 10.8 Å². The largest absolute Gasteiger partial charge is 0.294 e. The first-order chi connectivity index (χ1) is 11.6. The van der Waals surface area contributed by atoms with E-state index in [-0.39, 0.29) is 16.6 Å². The monoisotopic (exact) mass is 333 g/mol. The molecule has 0 atom stereocenters. The lowest BCUT2D eigenvalue weighted by atomic mass is 9.32. The summed E-state index contributed by atoms with van der Waals surface area (Å²) in [5.74, 6) is 0.277. The van der Waals surface area contributed by atoms with E-state index in [0.29, 0.717) is 5.02 Å². The van der Waals surface area contributed by atoms with Crippen LogP contribution in [0.2, 0.25) is 5.02 Å². The van der Waals surface area contributed by atoms with Crippen LogP contribution in [0.4, 0.5) is 0 Å². The first kappa shape index (κ1) is 14.2. The third kappa shape index (κ3) is 1.78. The summed E-state index contributed by atoms with van der Waals surface area (Å²) in [6, 6.07) is 17.7. The number of pyridine rings is 1. The van der Waals surface area contributed by atoms with E-state index in [9.17, 15) is 4.79 Å². The van der Waals surface area contributed by atoms with E-state index in [2.05, 4.69) is 29.2 Å². The molecule has 2 nitrogen and oxygen atoms in total. The molecular weight excluding hydrogens is 318 g/mol. The van der Waals surface area contributed by atoms with E-state index in [1.165, 1.54) is 10.9 Å². The maximum atomic E-state index is 12.9. The van der Waals surface area contributed by atoms with E-state index in [4.69, 9.17) is 11.6 Å². The second kappa shape index (κ2) is 4.67. The fraction of sp³-hybridized carbons (Fsp3) is 0.238. The molecule has 6 rings (SSSR count). The van der Waals surface area contributed by atoms with Crippen molar-refractivity contribution in [2.45, 2.75) is 24.7 Å². The lowest BCUT2D eigenvalue weighted by Crippen LogP contribution is -2.67. The van der Waals surface area contributed by atoms with Gasteiger partial charge in [-0.3, -0.25) is 9.78 Å². The number of ketones is 1. The van der Waals surface area contributed by atoms with E-state index in [0.717, 1.165) is 30.3 Å². The van der Waals surface area contributed by atoms with E-state index in [1.54, 1.807) is 12.1 Å². The summed E-state index contributed by atoms with van der Waals surface area (Å²) < 4.78 is 0. The van der Waals surface area contributed by atoms with Gasteiger partial charge in [0, 0.05) is 27.6 Å². The molecule has 0 N–H and O–H groups in total. The molecule has 118 valence electrons. The summed E-state index contributed by atoms with van der Waals surface area (Å²) in [4.78, 5) is 17.3. The smallest absolute Gasteiger partial charge is 0.169 e. The van der Waals surface area contributed by atoms with Gasteiger partial charge in [-0.05, 0) is 66.6 Å². The zero-order valence-corrected chi connectivity index (χ0v) is 13.9. The van der Waals surface area contributed by atoms with Gasteiger partial charge in [0.1, 0.15) is 0 Å². The highest BCUT2D eigenvalue weighted by molar-refractivity contribution is 6.30. The average molecular weight is 334 g/mol. The minimum atomic E-state index is -0.155. The van der Waals surface area contributed by atoms with Crippen LogP contribution in [0.3, 0.4) is 0 Å². The average Bonchev–Trinajstić information content (AvgIpc) is 2.53. The van der Waals surface area contributed by atoms with Gasteiger partial charge < -0.3 is 0 Å². The Kier molecular flexibility index (Phi) is 2.76. The van der Waals surface area contributed by atoms with Gasteiger partial charge in [0.25, 0.3) is 0 Å². The molecule has 3 aliphatic carbocycles. The number of hydrogen-bond donors (Lipinski definition) is 0. The second-order valence-corrected chi connectivity index (χ2v) is 7.74. The van der Waals surface area contributed by atoms with E-state index >= 15 is 0 Å². The normalized spacial score (nSPS) is 27.4. The standard InChI is InChI=1S/C21H16ClNO/c22-15-7-5-14(6-8-15)19(24)21-11-20(12-21,13-21)17-9-10-23-18-4-2-1-3-16(17)18/h1-10H,11-13H2. The predicted molar refractivity (Wildman–Crippen MR) is 95.5 cm³/mol. The lowest BCUT2D eigenvalue weighted by Gasteiger charge is -2.70. The van der Waals surface area contributed by atoms with Crippen LogP contribution in [0.1, 0.15) is 35.2 Å². The molecule has 2 aromatic carbocycles. The molecule has 0 amide bonds. The van der Waals surface area contributed by atoms with Crippen LogP contribution < -0.4 is 0 Å². The summed E-state index contributed by atoms with van der Waals surface area (Å²) in [6.07, 6.45) is 4.76. The Hall–Kier alpha value is -2.19. The molecule has 3 fully saturated rings. The molecule has 0 radical (unpaired) electrons. The number of carbonyl (C=O) groups is 1. The third-order valence-electron chi connectivity index (χ3n) is 5.84. The highest BCUT2D eigenvalue weighted by atomic mass is 35.5. The number of hydrogen-bond acceptors (Lipinski definition) is 2. The SMILES string of the molecule is O=C(c1ccc(Cl)cc1)C12CC(c3ccnc4ccccc34)(C1)C2. The molecule has 3 aliphatic rings. The van der Waals surface area contributed by atoms with Crippen LogP contribution in [0.25, 0.3) is 10.9 Å². The lowest BCUT2D eigenvalue weighted by molar-refractivity contribution is -0.104. The van der Waals surface area contributed by atoms with Crippen molar-refractivity contribution < 1.29 is 4.79 Å². The van der Waals surface area contributed by atoms with Gasteiger partial charge in [-0.15, -0.1) is 0 Å². The highest BCUT2D eigenvalue weighted by Crippen LogP contribution is 2.74. The van der Waals surface area contributed by atoms with Crippen molar-refractivity contribution in [1.82, 2.24) is 4.98 Å². The number of fused-ring (bicyclic) bond motifs is 1. The summed E-state index contributed by atoms with van der Waals surface area (Å²) in [5.41, 5.74) is 3.20. The fourth-order valence-electron chi connectivity index (χ4n) is 4.78. The van der Waals surface area contributed by atoms with Gasteiger partial charge in [-0.1, -0.05) is 29.8 Å². The highest BCUT2D eigenvalue weighted by Gasteiger charge is 2.71. The number of carbonyl (C=O) groups excluding carboxylic acids is 1. The van der Waals surface area contributed by atoms with Gasteiger partial charge in [-0.25, -0.2) is 0 Å². The van der Waals surface area contributed by atoms with Gasteiger partial charge in [0.2, 0.25) is 0 Å². The zero-order chi connectivity index (χ0) is 16.4. The Labute approximate surface area is 145 Å². The van der Waals surface area contributed by atoms with Crippen LogP contribution in [0.15, 0.2) is 60.8 Å². The van der Waals surface area contributed by atoms with Crippen molar-refractivity contribution in [3.05, 3.63) is 76.9 Å². The first-order valence-corrected chi connectivity index (χ1v) is 8.64. The van der Waals surface area contributed by atoms with Crippen molar-refractivity contribution in [2.24, 2.45) is 5.41 Å². The number of Topliss-reactive ketones (excluding diaryl/α,β-unsaturated/α-hetero) is 1. The summed E-state index contributed by atoms with van der Waals surface area (Å²) >= 11 is 5.93. The van der Waals surface area contributed by atoms with Crippen molar-refractivity contribution >= 4 is 28.3 Å². The molecule has 2 bridgehead atoms. The Morgan fingerprint density at radius 3 is 2.42 bits per heavy atom. The fourth-order valence-corrected chi connectivity index (χ4v) is 4.91. The van der Waals surface area contributed by atoms with E-state index < -0.39 is 0 Å². The van der Waals surface area contributed by atoms with Crippen LogP contribution in [0, 0.1) is 5.41 Å². The molecule has 0 spiro atoms. The summed E-state index contributed by atoms with van der Waals surface area (Å²) in [6.45, 7) is 0. The molecule has 1 heterocycles. The molecule has 0 unspecified atom stereocenters. The predicted octanol–water partition coefficient (Wildman–Crippen LogP) is 5.19. The van der Waals surface area contributed by atoms with Crippen LogP contribution in [0.5, 0.6) is 0 Å². The third-order valence-corrected chi connectivity index (χ3v) is 6.09. The van der Waals surface area contributed by atoms with Gasteiger partial charge >= 0.3 is 0 Å². The molecule has 0 saturated heterocycles. The Bertz CT molecular complexity index is 952. The second-order valence-electron chi connectivity index (χ2n) is 7.30. The van der Waals surface area contributed by atoms with Crippen molar-refractivity contribution in [1.29, 1.82) is 0 Å². The molecule has 0 aliphatic heterocycles. The minimum absolute atomic E-state index is 0.155. The minimum Gasteiger partial charge on any atom is -0.294 e. The first-order valence-electron chi connectivity index (χ1n) is 8.27. The Morgan fingerprint density at radius 1 is 0.958 bits per heavy atom. The van der Waals surface area contributed by atoms with Crippen LogP contribution in [-0.2, 0) is 5.41 Å². The number of benzene rings is 2. The number of aromatic nitrogens is 1. The van der Waals surface area contributed by atoms with Gasteiger partial charge in [0.15, 0.2) is 5.78 Å². The maximum Gasteiger partial charge on any atom is 0.169 e. The maximum absolute atomic E-state index is 12.9. The number of nitrogens with zero attached hydrogens (tertiary/aromatic N) is 1. The number of para-hydroxylation sites is 1. The quantitative estimate of drug-likeness (QED) is 0.617.